The molecule has 0 spiro atoms. The lowest BCUT2D eigenvalue weighted by Crippen LogP contribution is -2.42. The SMILES string of the molecule is O=C(NC1CCN(c2ccccc2C(F)(F)F)C1=O)C1=CCOCC1. The Morgan fingerprint density at radius 3 is 2.72 bits per heavy atom. The molecule has 0 radical (unpaired) electrons. The summed E-state index contributed by atoms with van der Waals surface area (Å²) in [7, 11) is 0. The first kappa shape index (κ1) is 17.5. The maximum atomic E-state index is 13.2. The van der Waals surface area contributed by atoms with E-state index in [1.54, 1.807) is 6.08 Å². The van der Waals surface area contributed by atoms with E-state index in [0.29, 0.717) is 25.2 Å². The number of rotatable bonds is 3. The van der Waals surface area contributed by atoms with Crippen molar-refractivity contribution in [2.75, 3.05) is 24.7 Å². The number of carbonyl (C=O) groups is 2. The molecule has 1 aromatic carbocycles. The third-order valence-electron chi connectivity index (χ3n) is 4.27. The van der Waals surface area contributed by atoms with Crippen LogP contribution in [0, 0.1) is 0 Å². The zero-order chi connectivity index (χ0) is 18.0. The molecule has 1 fully saturated rings. The van der Waals surface area contributed by atoms with Crippen LogP contribution in [-0.4, -0.2) is 37.6 Å². The lowest BCUT2D eigenvalue weighted by molar-refractivity contribution is -0.137. The Morgan fingerprint density at radius 1 is 1.28 bits per heavy atom. The van der Waals surface area contributed by atoms with Gasteiger partial charge in [0, 0.05) is 18.5 Å². The van der Waals surface area contributed by atoms with Crippen molar-refractivity contribution in [2.45, 2.75) is 25.1 Å². The standard InChI is InChI=1S/C17H17F3N2O3/c18-17(19,20)12-3-1-2-4-14(12)22-8-5-13(16(22)24)21-15(23)11-6-9-25-10-7-11/h1-4,6,13H,5,7-10H2,(H,21,23). The minimum Gasteiger partial charge on any atom is -0.377 e. The van der Waals surface area contributed by atoms with Crippen LogP contribution in [0.5, 0.6) is 0 Å². The summed E-state index contributed by atoms with van der Waals surface area (Å²) in [5, 5.41) is 2.62. The van der Waals surface area contributed by atoms with Gasteiger partial charge in [0.1, 0.15) is 6.04 Å². The van der Waals surface area contributed by atoms with Gasteiger partial charge in [-0.2, -0.15) is 13.2 Å². The van der Waals surface area contributed by atoms with Gasteiger partial charge in [0.15, 0.2) is 0 Å². The van der Waals surface area contributed by atoms with E-state index >= 15 is 0 Å². The first-order chi connectivity index (χ1) is 11.9. The van der Waals surface area contributed by atoms with Crippen LogP contribution in [-0.2, 0) is 20.5 Å². The molecule has 8 heteroatoms. The summed E-state index contributed by atoms with van der Waals surface area (Å²) in [6.07, 6.45) is -2.19. The molecule has 3 rings (SSSR count). The number of carbonyl (C=O) groups excluding carboxylic acids is 2. The Kier molecular flexibility index (Phi) is 4.80. The highest BCUT2D eigenvalue weighted by Gasteiger charge is 2.40. The topological polar surface area (TPSA) is 58.6 Å². The summed E-state index contributed by atoms with van der Waals surface area (Å²) < 4.78 is 44.6. The molecule has 134 valence electrons. The van der Waals surface area contributed by atoms with Crippen molar-refractivity contribution in [2.24, 2.45) is 0 Å². The van der Waals surface area contributed by atoms with Crippen LogP contribution in [0.4, 0.5) is 18.9 Å². The third-order valence-corrected chi connectivity index (χ3v) is 4.27. The smallest absolute Gasteiger partial charge is 0.377 e. The molecule has 2 aliphatic rings. The molecule has 0 aliphatic carbocycles. The normalized spacial score (nSPS) is 21.2. The Balaban J connectivity index is 1.74. The van der Waals surface area contributed by atoms with E-state index in [1.807, 2.05) is 0 Å². The van der Waals surface area contributed by atoms with Crippen molar-refractivity contribution >= 4 is 17.5 Å². The summed E-state index contributed by atoms with van der Waals surface area (Å²) in [5.74, 6) is -0.898. The molecule has 1 aromatic rings. The van der Waals surface area contributed by atoms with Gasteiger partial charge in [0.25, 0.3) is 0 Å². The van der Waals surface area contributed by atoms with Crippen molar-refractivity contribution in [3.05, 3.63) is 41.5 Å². The minimum absolute atomic E-state index is 0.124. The second-order valence-electron chi connectivity index (χ2n) is 5.87. The van der Waals surface area contributed by atoms with Crippen LogP contribution >= 0.6 is 0 Å². The monoisotopic (exact) mass is 354 g/mol. The van der Waals surface area contributed by atoms with Crippen molar-refractivity contribution in [1.82, 2.24) is 5.32 Å². The quantitative estimate of drug-likeness (QED) is 0.906. The molecule has 1 saturated heterocycles. The Morgan fingerprint density at radius 2 is 2.04 bits per heavy atom. The number of hydrogen-bond donors (Lipinski definition) is 1. The van der Waals surface area contributed by atoms with E-state index in [2.05, 4.69) is 5.32 Å². The second kappa shape index (κ2) is 6.87. The number of anilines is 1. The van der Waals surface area contributed by atoms with Crippen LogP contribution in [0.25, 0.3) is 0 Å². The van der Waals surface area contributed by atoms with Gasteiger partial charge in [-0.15, -0.1) is 0 Å². The first-order valence-electron chi connectivity index (χ1n) is 7.93. The van der Waals surface area contributed by atoms with Gasteiger partial charge in [-0.1, -0.05) is 18.2 Å². The van der Waals surface area contributed by atoms with Crippen LogP contribution in [0.3, 0.4) is 0 Å². The van der Waals surface area contributed by atoms with Gasteiger partial charge in [0.05, 0.1) is 24.5 Å². The van der Waals surface area contributed by atoms with Gasteiger partial charge in [-0.3, -0.25) is 9.59 Å². The number of amides is 2. The number of benzene rings is 1. The molecule has 25 heavy (non-hydrogen) atoms. The molecule has 0 saturated carbocycles. The molecule has 2 aliphatic heterocycles. The van der Waals surface area contributed by atoms with Crippen LogP contribution in [0.15, 0.2) is 35.9 Å². The molecule has 1 N–H and O–H groups in total. The largest absolute Gasteiger partial charge is 0.418 e. The van der Waals surface area contributed by atoms with E-state index in [1.165, 1.54) is 18.2 Å². The van der Waals surface area contributed by atoms with Crippen LogP contribution in [0.2, 0.25) is 0 Å². The van der Waals surface area contributed by atoms with Crippen molar-refractivity contribution in [1.29, 1.82) is 0 Å². The predicted molar refractivity (Wildman–Crippen MR) is 83.9 cm³/mol. The van der Waals surface area contributed by atoms with E-state index in [0.717, 1.165) is 11.0 Å². The van der Waals surface area contributed by atoms with E-state index < -0.39 is 23.7 Å². The molecule has 5 nitrogen and oxygen atoms in total. The maximum absolute atomic E-state index is 13.2. The van der Waals surface area contributed by atoms with Crippen molar-refractivity contribution < 1.29 is 27.5 Å². The van der Waals surface area contributed by atoms with Gasteiger partial charge >= 0.3 is 6.18 Å². The van der Waals surface area contributed by atoms with Gasteiger partial charge in [-0.05, 0) is 18.6 Å². The number of ether oxygens (including phenoxy) is 1. The van der Waals surface area contributed by atoms with Gasteiger partial charge in [-0.25, -0.2) is 0 Å². The second-order valence-corrected chi connectivity index (χ2v) is 5.87. The highest BCUT2D eigenvalue weighted by atomic mass is 19.4. The number of alkyl halides is 3. The van der Waals surface area contributed by atoms with Crippen LogP contribution in [0.1, 0.15) is 18.4 Å². The minimum atomic E-state index is -4.55. The van der Waals surface area contributed by atoms with E-state index in [-0.39, 0.29) is 24.6 Å². The Bertz CT molecular complexity index is 715. The molecule has 2 heterocycles. The molecule has 1 unspecified atom stereocenters. The van der Waals surface area contributed by atoms with Crippen LogP contribution < -0.4 is 10.2 Å². The molecular formula is C17H17F3N2O3. The first-order valence-corrected chi connectivity index (χ1v) is 7.93. The average Bonchev–Trinajstić information content (AvgIpc) is 2.95. The number of halogens is 3. The van der Waals surface area contributed by atoms with E-state index in [4.69, 9.17) is 4.74 Å². The summed E-state index contributed by atoms with van der Waals surface area (Å²) in [6, 6.07) is 4.13. The number of nitrogens with one attached hydrogen (secondary N) is 1. The highest BCUT2D eigenvalue weighted by Crippen LogP contribution is 2.37. The Hall–Kier alpha value is -2.35. The number of para-hydroxylation sites is 1. The van der Waals surface area contributed by atoms with Crippen molar-refractivity contribution in [3.63, 3.8) is 0 Å². The lowest BCUT2D eigenvalue weighted by atomic mass is 10.1. The average molecular weight is 354 g/mol. The number of nitrogens with zero attached hydrogens (tertiary/aromatic N) is 1. The molecular weight excluding hydrogens is 337 g/mol. The molecule has 2 amide bonds. The third kappa shape index (κ3) is 3.68. The zero-order valence-corrected chi connectivity index (χ0v) is 13.3. The lowest BCUT2D eigenvalue weighted by Gasteiger charge is -2.22. The summed E-state index contributed by atoms with van der Waals surface area (Å²) in [4.78, 5) is 25.8. The molecule has 0 bridgehead atoms. The fourth-order valence-electron chi connectivity index (χ4n) is 2.99. The summed E-state index contributed by atoms with van der Waals surface area (Å²) >= 11 is 0. The number of hydrogen-bond acceptors (Lipinski definition) is 3. The molecule has 0 aromatic heterocycles. The summed E-state index contributed by atoms with van der Waals surface area (Å²) in [5.41, 5.74) is -0.502. The summed E-state index contributed by atoms with van der Waals surface area (Å²) in [6.45, 7) is 0.897. The fourth-order valence-corrected chi connectivity index (χ4v) is 2.99. The zero-order valence-electron chi connectivity index (χ0n) is 13.3. The van der Waals surface area contributed by atoms with Crippen molar-refractivity contribution in [3.8, 4) is 0 Å². The Labute approximate surface area is 142 Å². The van der Waals surface area contributed by atoms with Gasteiger partial charge < -0.3 is 15.0 Å². The predicted octanol–water partition coefficient (Wildman–Crippen LogP) is 2.27. The maximum Gasteiger partial charge on any atom is 0.418 e. The van der Waals surface area contributed by atoms with Gasteiger partial charge in [0.2, 0.25) is 11.8 Å². The van der Waals surface area contributed by atoms with E-state index in [9.17, 15) is 22.8 Å². The fraction of sp³-hybridized carbons (Fsp3) is 0.412. The molecule has 1 atom stereocenters. The highest BCUT2D eigenvalue weighted by molar-refractivity contribution is 6.04.